The highest BCUT2D eigenvalue weighted by Gasteiger charge is 2.35. The van der Waals surface area contributed by atoms with Gasteiger partial charge in [0.15, 0.2) is 0 Å². The van der Waals surface area contributed by atoms with Crippen LogP contribution in [0, 0.1) is 5.41 Å². The highest BCUT2D eigenvalue weighted by atomic mass is 32.1. The molecule has 16 heavy (non-hydrogen) atoms. The van der Waals surface area contributed by atoms with Gasteiger partial charge >= 0.3 is 0 Å². The van der Waals surface area contributed by atoms with E-state index in [0.717, 1.165) is 6.04 Å². The second-order valence-electron chi connectivity index (χ2n) is 5.52. The topological polar surface area (TPSA) is 24.9 Å². The zero-order chi connectivity index (χ0) is 10.8. The monoisotopic (exact) mass is 236 g/mol. The molecule has 3 rings (SSSR count). The molecule has 0 aliphatic heterocycles. The number of nitrogens with one attached hydrogen (secondary N) is 1. The Labute approximate surface area is 101 Å². The number of thiazole rings is 1. The molecule has 2 fully saturated rings. The number of hydrogen-bond acceptors (Lipinski definition) is 3. The van der Waals surface area contributed by atoms with E-state index in [-0.39, 0.29) is 0 Å². The minimum atomic E-state index is 0.524. The average Bonchev–Trinajstić information content (AvgIpc) is 2.78. The largest absolute Gasteiger partial charge is 0.313 e. The van der Waals surface area contributed by atoms with Gasteiger partial charge < -0.3 is 5.32 Å². The van der Waals surface area contributed by atoms with Crippen molar-refractivity contribution in [3.8, 4) is 0 Å². The van der Waals surface area contributed by atoms with Crippen molar-refractivity contribution in [3.63, 3.8) is 0 Å². The first-order valence-corrected chi connectivity index (χ1v) is 7.41. The molecule has 0 atom stereocenters. The first-order chi connectivity index (χ1) is 7.86. The molecule has 1 aromatic heterocycles. The minimum Gasteiger partial charge on any atom is -0.313 e. The fourth-order valence-corrected chi connectivity index (χ4v) is 3.46. The van der Waals surface area contributed by atoms with Crippen molar-refractivity contribution < 1.29 is 0 Å². The summed E-state index contributed by atoms with van der Waals surface area (Å²) in [7, 11) is 0. The van der Waals surface area contributed by atoms with Crippen LogP contribution >= 0.6 is 11.3 Å². The van der Waals surface area contributed by atoms with Crippen LogP contribution in [-0.2, 0) is 6.42 Å². The first kappa shape index (κ1) is 10.7. The van der Waals surface area contributed by atoms with E-state index in [1.54, 1.807) is 11.3 Å². The van der Waals surface area contributed by atoms with E-state index in [2.05, 4.69) is 15.7 Å². The maximum absolute atomic E-state index is 4.46. The lowest BCUT2D eigenvalue weighted by molar-refractivity contribution is 0.274. The van der Waals surface area contributed by atoms with Gasteiger partial charge in [-0.1, -0.05) is 12.8 Å². The van der Waals surface area contributed by atoms with E-state index < -0.39 is 0 Å². The lowest BCUT2D eigenvalue weighted by Gasteiger charge is -2.28. The Morgan fingerprint density at radius 1 is 1.38 bits per heavy atom. The molecule has 2 aliphatic carbocycles. The molecule has 0 saturated heterocycles. The fraction of sp³-hybridized carbons (Fsp3) is 0.769. The van der Waals surface area contributed by atoms with Crippen molar-refractivity contribution in [1.29, 1.82) is 0 Å². The molecule has 88 valence electrons. The predicted molar refractivity (Wildman–Crippen MR) is 67.7 cm³/mol. The van der Waals surface area contributed by atoms with Gasteiger partial charge in [-0.3, -0.25) is 0 Å². The van der Waals surface area contributed by atoms with Crippen LogP contribution in [0.3, 0.4) is 0 Å². The standard InChI is InChI=1S/C13H20N2S/c1-2-6-13(5-1,9-14-11-3-4-11)7-12-8-16-10-15-12/h8,10-11,14H,1-7,9H2. The van der Waals surface area contributed by atoms with Crippen LogP contribution in [0.25, 0.3) is 0 Å². The van der Waals surface area contributed by atoms with Crippen LogP contribution in [0.2, 0.25) is 0 Å². The summed E-state index contributed by atoms with van der Waals surface area (Å²) in [6.07, 6.45) is 9.59. The van der Waals surface area contributed by atoms with Crippen molar-refractivity contribution in [2.45, 2.75) is 51.0 Å². The summed E-state index contributed by atoms with van der Waals surface area (Å²) in [4.78, 5) is 4.46. The third-order valence-corrected chi connectivity index (χ3v) is 4.68. The Balaban J connectivity index is 1.63. The molecule has 0 unspecified atom stereocenters. The molecule has 0 bridgehead atoms. The molecule has 0 amide bonds. The number of rotatable bonds is 5. The molecule has 0 aromatic carbocycles. The first-order valence-electron chi connectivity index (χ1n) is 6.47. The van der Waals surface area contributed by atoms with Gasteiger partial charge in [0.25, 0.3) is 0 Å². The molecule has 0 spiro atoms. The summed E-state index contributed by atoms with van der Waals surface area (Å²) in [5, 5.41) is 5.95. The molecular formula is C13H20N2S. The smallest absolute Gasteiger partial charge is 0.0794 e. The molecule has 2 aliphatic rings. The van der Waals surface area contributed by atoms with Crippen molar-refractivity contribution in [2.75, 3.05) is 6.54 Å². The molecule has 1 aromatic rings. The molecule has 0 radical (unpaired) electrons. The van der Waals surface area contributed by atoms with E-state index >= 15 is 0 Å². The van der Waals surface area contributed by atoms with Gasteiger partial charge in [-0.05, 0) is 37.5 Å². The Hall–Kier alpha value is -0.410. The molecule has 3 heteroatoms. The van der Waals surface area contributed by atoms with Crippen LogP contribution in [0.1, 0.15) is 44.2 Å². The zero-order valence-corrected chi connectivity index (χ0v) is 10.6. The van der Waals surface area contributed by atoms with Gasteiger partial charge in [0.2, 0.25) is 0 Å². The van der Waals surface area contributed by atoms with Crippen molar-refractivity contribution in [1.82, 2.24) is 10.3 Å². The summed E-state index contributed by atoms with van der Waals surface area (Å²) in [5.74, 6) is 0. The highest BCUT2D eigenvalue weighted by molar-refractivity contribution is 7.07. The SMILES string of the molecule is c1nc(CC2(CNC3CC3)CCCC2)cs1. The maximum atomic E-state index is 4.46. The lowest BCUT2D eigenvalue weighted by Crippen LogP contribution is -2.35. The Kier molecular flexibility index (Phi) is 2.99. The molecule has 1 N–H and O–H groups in total. The Morgan fingerprint density at radius 3 is 2.81 bits per heavy atom. The summed E-state index contributed by atoms with van der Waals surface area (Å²) < 4.78 is 0. The maximum Gasteiger partial charge on any atom is 0.0794 e. The highest BCUT2D eigenvalue weighted by Crippen LogP contribution is 2.41. The summed E-state index contributed by atoms with van der Waals surface area (Å²) >= 11 is 1.73. The van der Waals surface area contributed by atoms with Crippen LogP contribution in [-0.4, -0.2) is 17.6 Å². The fourth-order valence-electron chi connectivity index (χ4n) is 2.90. The quantitative estimate of drug-likeness (QED) is 0.850. The molecular weight excluding hydrogens is 216 g/mol. The van der Waals surface area contributed by atoms with Gasteiger partial charge in [0.05, 0.1) is 11.2 Å². The van der Waals surface area contributed by atoms with Crippen LogP contribution < -0.4 is 5.32 Å². The van der Waals surface area contributed by atoms with E-state index in [0.29, 0.717) is 5.41 Å². The Morgan fingerprint density at radius 2 is 2.19 bits per heavy atom. The summed E-state index contributed by atoms with van der Waals surface area (Å²) in [6, 6.07) is 0.841. The average molecular weight is 236 g/mol. The second kappa shape index (κ2) is 4.46. The second-order valence-corrected chi connectivity index (χ2v) is 6.24. The van der Waals surface area contributed by atoms with E-state index in [1.165, 1.54) is 57.2 Å². The number of hydrogen-bond donors (Lipinski definition) is 1. The van der Waals surface area contributed by atoms with Gasteiger partial charge in [-0.2, -0.15) is 0 Å². The predicted octanol–water partition coefficient (Wildman–Crippen LogP) is 3.00. The molecule has 2 saturated carbocycles. The third kappa shape index (κ3) is 2.46. The Bertz CT molecular complexity index is 324. The van der Waals surface area contributed by atoms with Crippen molar-refractivity contribution in [2.24, 2.45) is 5.41 Å². The molecule has 1 heterocycles. The van der Waals surface area contributed by atoms with Crippen LogP contribution in [0.15, 0.2) is 10.9 Å². The van der Waals surface area contributed by atoms with Gasteiger partial charge in [-0.15, -0.1) is 11.3 Å². The normalized spacial score (nSPS) is 23.8. The number of nitrogens with zero attached hydrogens (tertiary/aromatic N) is 1. The summed E-state index contributed by atoms with van der Waals surface area (Å²) in [5.41, 5.74) is 3.80. The van der Waals surface area contributed by atoms with E-state index in [4.69, 9.17) is 0 Å². The van der Waals surface area contributed by atoms with E-state index in [9.17, 15) is 0 Å². The van der Waals surface area contributed by atoms with Gasteiger partial charge in [-0.25, -0.2) is 4.98 Å². The third-order valence-electron chi connectivity index (χ3n) is 4.05. The lowest BCUT2D eigenvalue weighted by atomic mass is 9.81. The van der Waals surface area contributed by atoms with E-state index in [1.807, 2.05) is 5.51 Å². The van der Waals surface area contributed by atoms with Crippen LogP contribution in [0.5, 0.6) is 0 Å². The summed E-state index contributed by atoms with van der Waals surface area (Å²) in [6.45, 7) is 1.22. The van der Waals surface area contributed by atoms with Crippen molar-refractivity contribution in [3.05, 3.63) is 16.6 Å². The zero-order valence-electron chi connectivity index (χ0n) is 9.74. The number of aromatic nitrogens is 1. The van der Waals surface area contributed by atoms with Crippen LogP contribution in [0.4, 0.5) is 0 Å². The van der Waals surface area contributed by atoms with Gasteiger partial charge in [0, 0.05) is 18.0 Å². The van der Waals surface area contributed by atoms with Crippen molar-refractivity contribution >= 4 is 11.3 Å². The minimum absolute atomic E-state index is 0.524. The molecule has 2 nitrogen and oxygen atoms in total. The van der Waals surface area contributed by atoms with Gasteiger partial charge in [0.1, 0.15) is 0 Å².